The lowest BCUT2D eigenvalue weighted by atomic mass is 10.2. The number of amides is 1. The second-order valence-electron chi connectivity index (χ2n) is 9.77. The Labute approximate surface area is 232 Å². The molecule has 0 spiro atoms. The summed E-state index contributed by atoms with van der Waals surface area (Å²) in [6.45, 7) is 9.11. The molecule has 1 amide bonds. The Hall–Kier alpha value is -2.28. The molecule has 0 aliphatic carbocycles. The van der Waals surface area contributed by atoms with E-state index in [1.54, 1.807) is 23.5 Å². The van der Waals surface area contributed by atoms with E-state index < -0.39 is 10.0 Å². The van der Waals surface area contributed by atoms with Gasteiger partial charge in [0.25, 0.3) is 5.91 Å². The number of nitrogens with zero attached hydrogens (tertiary/aromatic N) is 4. The Bertz CT molecular complexity index is 1380. The highest BCUT2D eigenvalue weighted by atomic mass is 35.5. The molecule has 0 radical (unpaired) electrons. The molecule has 2 aromatic carbocycles. The maximum Gasteiger partial charge on any atom is 0.251 e. The summed E-state index contributed by atoms with van der Waals surface area (Å²) in [5.41, 5.74) is 1.29. The van der Waals surface area contributed by atoms with Crippen molar-refractivity contribution in [2.24, 2.45) is 0 Å². The van der Waals surface area contributed by atoms with E-state index in [9.17, 15) is 13.2 Å². The molecule has 0 bridgehead atoms. The molecule has 2 aliphatic rings. The molecule has 0 saturated carbocycles. The van der Waals surface area contributed by atoms with Crippen LogP contribution in [0.2, 0.25) is 5.02 Å². The topological polar surface area (TPSA) is 95.1 Å². The molecule has 38 heavy (non-hydrogen) atoms. The fourth-order valence-corrected chi connectivity index (χ4v) is 7.79. The molecular weight excluding hydrogens is 546 g/mol. The average molecular weight is 578 g/mol. The van der Waals surface area contributed by atoms with E-state index in [2.05, 4.69) is 15.1 Å². The monoisotopic (exact) mass is 577 g/mol. The minimum absolute atomic E-state index is 0.159. The molecule has 2 saturated heterocycles. The maximum absolute atomic E-state index is 13.0. The van der Waals surface area contributed by atoms with Crippen LogP contribution in [0.25, 0.3) is 10.2 Å². The number of ether oxygens (including phenoxy) is 1. The minimum Gasteiger partial charge on any atom is -0.373 e. The van der Waals surface area contributed by atoms with Gasteiger partial charge in [0.05, 0.1) is 26.8 Å². The van der Waals surface area contributed by atoms with Crippen molar-refractivity contribution < 1.29 is 17.9 Å². The quantitative estimate of drug-likeness (QED) is 0.460. The van der Waals surface area contributed by atoms with Crippen LogP contribution in [0.4, 0.5) is 5.13 Å². The summed E-state index contributed by atoms with van der Waals surface area (Å²) in [7, 11) is -3.64. The third-order valence-corrected chi connectivity index (χ3v) is 10.1. The summed E-state index contributed by atoms with van der Waals surface area (Å²) in [6, 6.07) is 12.0. The lowest BCUT2D eigenvalue weighted by Crippen LogP contribution is -2.48. The summed E-state index contributed by atoms with van der Waals surface area (Å²) >= 11 is 7.94. The molecule has 3 aromatic rings. The molecule has 2 aliphatic heterocycles. The van der Waals surface area contributed by atoms with Crippen molar-refractivity contribution in [1.29, 1.82) is 0 Å². The number of halogens is 1. The number of sulfonamides is 1. The number of carbonyl (C=O) groups excluding carboxylic acids is 1. The number of hydrogen-bond donors (Lipinski definition) is 1. The summed E-state index contributed by atoms with van der Waals surface area (Å²) in [5.74, 6) is -0.215. The highest BCUT2D eigenvalue weighted by Gasteiger charge is 2.32. The second kappa shape index (κ2) is 11.4. The first-order valence-corrected chi connectivity index (χ1v) is 15.4. The molecule has 2 fully saturated rings. The van der Waals surface area contributed by atoms with Crippen molar-refractivity contribution in [2.45, 2.75) is 31.0 Å². The zero-order chi connectivity index (χ0) is 26.9. The first kappa shape index (κ1) is 27.3. The van der Waals surface area contributed by atoms with Crippen LogP contribution in [0, 0.1) is 0 Å². The van der Waals surface area contributed by atoms with E-state index in [0.29, 0.717) is 30.2 Å². The Morgan fingerprint density at radius 2 is 1.76 bits per heavy atom. The number of nitrogens with one attached hydrogen (secondary N) is 1. The van der Waals surface area contributed by atoms with Crippen LogP contribution >= 0.6 is 22.9 Å². The second-order valence-corrected chi connectivity index (χ2v) is 13.1. The summed E-state index contributed by atoms with van der Waals surface area (Å²) in [4.78, 5) is 22.2. The van der Waals surface area contributed by atoms with Gasteiger partial charge in [-0.15, -0.1) is 0 Å². The van der Waals surface area contributed by atoms with Crippen LogP contribution in [-0.4, -0.2) is 93.1 Å². The lowest BCUT2D eigenvalue weighted by molar-refractivity contribution is -0.0440. The molecule has 1 N–H and O–H groups in total. The Morgan fingerprint density at radius 3 is 2.42 bits per heavy atom. The normalized spacial score (nSPS) is 21.6. The van der Waals surface area contributed by atoms with E-state index >= 15 is 0 Å². The van der Waals surface area contributed by atoms with Gasteiger partial charge in [-0.2, -0.15) is 4.31 Å². The van der Waals surface area contributed by atoms with Gasteiger partial charge >= 0.3 is 0 Å². The maximum atomic E-state index is 13.0. The molecule has 204 valence electrons. The Morgan fingerprint density at radius 1 is 1.08 bits per heavy atom. The summed E-state index contributed by atoms with van der Waals surface area (Å²) in [6.07, 6.45) is -0.318. The van der Waals surface area contributed by atoms with Gasteiger partial charge in [-0.3, -0.25) is 9.69 Å². The molecule has 2 unspecified atom stereocenters. The number of anilines is 1. The largest absolute Gasteiger partial charge is 0.373 e. The number of aromatic nitrogens is 1. The standard InChI is InChI=1S/C26H32ClN5O4S2/c1-18-16-32(17-19(2)36-18)38(34,35)21-8-6-20(7-9-21)25(33)28-10-11-30-12-14-31(15-13-30)26-29-24-22(27)4-3-5-23(24)37-26/h3-9,18-19H,10-17H2,1-2H3,(H,28,33). The van der Waals surface area contributed by atoms with E-state index in [1.807, 2.05) is 32.0 Å². The predicted octanol–water partition coefficient (Wildman–Crippen LogP) is 3.30. The lowest BCUT2D eigenvalue weighted by Gasteiger charge is -2.34. The van der Waals surface area contributed by atoms with Gasteiger partial charge in [0.15, 0.2) is 5.13 Å². The van der Waals surface area contributed by atoms with E-state index in [0.717, 1.165) is 48.1 Å². The fraction of sp³-hybridized carbons (Fsp3) is 0.462. The van der Waals surface area contributed by atoms with Gasteiger partial charge in [-0.05, 0) is 50.2 Å². The number of fused-ring (bicyclic) bond motifs is 1. The minimum atomic E-state index is -3.64. The Balaban J connectivity index is 1.09. The van der Waals surface area contributed by atoms with Gasteiger partial charge in [-0.25, -0.2) is 13.4 Å². The third-order valence-electron chi connectivity index (χ3n) is 6.86. The van der Waals surface area contributed by atoms with Crippen LogP contribution in [-0.2, 0) is 14.8 Å². The van der Waals surface area contributed by atoms with Gasteiger partial charge in [0, 0.05) is 57.9 Å². The van der Waals surface area contributed by atoms with Crippen LogP contribution in [0.15, 0.2) is 47.4 Å². The fourth-order valence-electron chi connectivity index (χ4n) is 4.89. The van der Waals surface area contributed by atoms with Crippen molar-refractivity contribution in [3.05, 3.63) is 53.1 Å². The highest BCUT2D eigenvalue weighted by Crippen LogP contribution is 2.33. The van der Waals surface area contributed by atoms with E-state index in [-0.39, 0.29) is 23.0 Å². The number of thiazole rings is 1. The smallest absolute Gasteiger partial charge is 0.251 e. The summed E-state index contributed by atoms with van der Waals surface area (Å²) in [5, 5.41) is 4.62. The van der Waals surface area contributed by atoms with Crippen LogP contribution in [0.1, 0.15) is 24.2 Å². The van der Waals surface area contributed by atoms with Crippen molar-refractivity contribution in [3.63, 3.8) is 0 Å². The molecular formula is C26H32ClN5O4S2. The molecule has 3 heterocycles. The van der Waals surface area contributed by atoms with Gasteiger partial charge in [0.1, 0.15) is 5.52 Å². The van der Waals surface area contributed by atoms with E-state index in [4.69, 9.17) is 21.3 Å². The molecule has 2 atom stereocenters. The van der Waals surface area contributed by atoms with Crippen LogP contribution < -0.4 is 10.2 Å². The van der Waals surface area contributed by atoms with Crippen molar-refractivity contribution in [3.8, 4) is 0 Å². The number of para-hydroxylation sites is 1. The molecule has 9 nitrogen and oxygen atoms in total. The van der Waals surface area contributed by atoms with Crippen LogP contribution in [0.5, 0.6) is 0 Å². The number of morpholine rings is 1. The van der Waals surface area contributed by atoms with Gasteiger partial charge < -0.3 is 15.0 Å². The van der Waals surface area contributed by atoms with Crippen molar-refractivity contribution >= 4 is 54.2 Å². The number of piperazine rings is 1. The Kier molecular flexibility index (Phi) is 8.22. The highest BCUT2D eigenvalue weighted by molar-refractivity contribution is 7.89. The van der Waals surface area contributed by atoms with Gasteiger partial charge in [0.2, 0.25) is 10.0 Å². The van der Waals surface area contributed by atoms with Crippen molar-refractivity contribution in [2.75, 3.05) is 57.3 Å². The molecule has 5 rings (SSSR count). The zero-order valence-electron chi connectivity index (χ0n) is 21.5. The molecule has 12 heteroatoms. The SMILES string of the molecule is CC1CN(S(=O)(=O)c2ccc(C(=O)NCCN3CCN(c4nc5c(Cl)cccc5s4)CC3)cc2)CC(C)O1. The van der Waals surface area contributed by atoms with E-state index in [1.165, 1.54) is 16.4 Å². The molecule has 1 aromatic heterocycles. The number of carbonyl (C=O) groups is 1. The summed E-state index contributed by atoms with van der Waals surface area (Å²) < 4.78 is 34.3. The first-order valence-electron chi connectivity index (χ1n) is 12.8. The number of benzene rings is 2. The van der Waals surface area contributed by atoms with Crippen LogP contribution in [0.3, 0.4) is 0 Å². The average Bonchev–Trinajstić information content (AvgIpc) is 3.34. The zero-order valence-corrected chi connectivity index (χ0v) is 23.9. The first-order chi connectivity index (χ1) is 18.2. The third kappa shape index (κ3) is 5.98. The number of hydrogen-bond acceptors (Lipinski definition) is 8. The number of rotatable bonds is 7. The predicted molar refractivity (Wildman–Crippen MR) is 151 cm³/mol. The van der Waals surface area contributed by atoms with Crippen molar-refractivity contribution in [1.82, 2.24) is 19.5 Å². The van der Waals surface area contributed by atoms with Gasteiger partial charge in [-0.1, -0.05) is 29.0 Å².